The molecule has 0 aromatic heterocycles. The van der Waals surface area contributed by atoms with Gasteiger partial charge in [0.2, 0.25) is 17.6 Å². The highest BCUT2D eigenvalue weighted by Crippen LogP contribution is 2.65. The molecule has 1 saturated heterocycles. The van der Waals surface area contributed by atoms with Crippen LogP contribution in [0.4, 0.5) is 0 Å². The molecule has 2 saturated carbocycles. The van der Waals surface area contributed by atoms with Gasteiger partial charge in [0.15, 0.2) is 0 Å². The lowest BCUT2D eigenvalue weighted by molar-refractivity contribution is -0.154. The van der Waals surface area contributed by atoms with Crippen molar-refractivity contribution in [2.75, 3.05) is 13.1 Å². The monoisotopic (exact) mass is 559 g/mol. The molecular weight excluding hydrogens is 510 g/mol. The molecule has 224 valence electrons. The van der Waals surface area contributed by atoms with Gasteiger partial charge in [-0.05, 0) is 69.6 Å². The van der Waals surface area contributed by atoms with Gasteiger partial charge in [0.05, 0.1) is 12.5 Å². The van der Waals surface area contributed by atoms with Crippen molar-refractivity contribution in [3.63, 3.8) is 0 Å². The lowest BCUT2D eigenvalue weighted by atomic mass is 9.80. The number of carbonyl (C=O) groups excluding carboxylic acids is 5. The van der Waals surface area contributed by atoms with Crippen LogP contribution in [0.3, 0.4) is 0 Å². The Morgan fingerprint density at radius 1 is 1.10 bits per heavy atom. The molecule has 2 aliphatic carbocycles. The molecule has 0 aromatic carbocycles. The number of nitrogens with zero attached hydrogens (tertiary/aromatic N) is 1. The highest BCUT2D eigenvalue weighted by atomic mass is 16.6. The normalized spacial score (nSPS) is 25.2. The van der Waals surface area contributed by atoms with Crippen molar-refractivity contribution in [3.05, 3.63) is 12.7 Å². The Bertz CT molecular complexity index is 994. The first-order valence-corrected chi connectivity index (χ1v) is 14.9. The Morgan fingerprint density at radius 2 is 1.75 bits per heavy atom. The number of hydrogen-bond acceptors (Lipinski definition) is 6. The van der Waals surface area contributed by atoms with Gasteiger partial charge in [-0.25, -0.2) is 0 Å². The van der Waals surface area contributed by atoms with Crippen LogP contribution >= 0.6 is 0 Å². The summed E-state index contributed by atoms with van der Waals surface area (Å²) in [5.41, 5.74) is -0.706. The van der Waals surface area contributed by atoms with Gasteiger partial charge in [0.1, 0.15) is 11.6 Å². The Kier molecular flexibility index (Phi) is 10.2. The zero-order valence-electron chi connectivity index (χ0n) is 25.2. The van der Waals surface area contributed by atoms with E-state index in [2.05, 4.69) is 31.1 Å². The van der Waals surface area contributed by atoms with E-state index in [4.69, 9.17) is 4.74 Å². The fourth-order valence-corrected chi connectivity index (χ4v) is 6.64. The number of nitrogens with one attached hydrogen (secondary N) is 2. The first-order chi connectivity index (χ1) is 18.7. The standard InChI is InChI=1S/C31H49N3O6/c1-8-9-15-22(26(36)28(38)32-17-16-23(35)40-30(3,4)5)33-27(37)25-24-21(31(24,6)7)18-34(25)29(39)19(2)20-13-11-10-12-14-20/h8,19-22,24-25H,1,9-18H2,2-7H3,(H,32,38)(H,33,37)/t19-,21-,22?,24-,25-/m0/s1. The van der Waals surface area contributed by atoms with Crippen molar-refractivity contribution in [3.8, 4) is 0 Å². The Labute approximate surface area is 239 Å². The number of carbonyl (C=O) groups is 5. The molecule has 1 aliphatic heterocycles. The van der Waals surface area contributed by atoms with Crippen LogP contribution < -0.4 is 10.6 Å². The number of ketones is 1. The zero-order valence-corrected chi connectivity index (χ0v) is 25.2. The number of allylic oxidation sites excluding steroid dienone is 1. The number of hydrogen-bond donors (Lipinski definition) is 2. The van der Waals surface area contributed by atoms with Crippen LogP contribution in [0.25, 0.3) is 0 Å². The zero-order chi connectivity index (χ0) is 29.8. The van der Waals surface area contributed by atoms with Crippen molar-refractivity contribution in [1.82, 2.24) is 15.5 Å². The lowest BCUT2D eigenvalue weighted by Gasteiger charge is -2.35. The van der Waals surface area contributed by atoms with Crippen molar-refractivity contribution < 1.29 is 28.7 Å². The van der Waals surface area contributed by atoms with Gasteiger partial charge in [-0.2, -0.15) is 0 Å². The molecule has 5 atom stereocenters. The SMILES string of the molecule is C=CCCC(NC(=O)[C@@H]1[C@@H]2[C@H](CN1C(=O)[C@@H](C)C1CCCCC1)C2(C)C)C(=O)C(=O)NCCC(=O)OC(C)(C)C. The highest BCUT2D eigenvalue weighted by Gasteiger charge is 2.69. The minimum atomic E-state index is -1.05. The largest absolute Gasteiger partial charge is 0.460 e. The Balaban J connectivity index is 1.66. The highest BCUT2D eigenvalue weighted by molar-refractivity contribution is 6.38. The summed E-state index contributed by atoms with van der Waals surface area (Å²) in [6.07, 6.45) is 7.75. The molecule has 3 aliphatic rings. The van der Waals surface area contributed by atoms with E-state index in [0.717, 1.165) is 25.7 Å². The van der Waals surface area contributed by atoms with E-state index < -0.39 is 35.3 Å². The maximum atomic E-state index is 13.7. The van der Waals surface area contributed by atoms with Crippen molar-refractivity contribution in [2.45, 2.75) is 111 Å². The molecule has 0 spiro atoms. The van der Waals surface area contributed by atoms with Crippen LogP contribution in [0.1, 0.15) is 92.9 Å². The maximum absolute atomic E-state index is 13.7. The summed E-state index contributed by atoms with van der Waals surface area (Å²) in [6.45, 7) is 15.7. The van der Waals surface area contributed by atoms with Gasteiger partial charge in [-0.15, -0.1) is 6.58 Å². The minimum Gasteiger partial charge on any atom is -0.460 e. The number of esters is 1. The molecule has 40 heavy (non-hydrogen) atoms. The number of amides is 3. The average Bonchev–Trinajstić information content (AvgIpc) is 3.22. The molecule has 0 bridgehead atoms. The summed E-state index contributed by atoms with van der Waals surface area (Å²) in [5.74, 6) is -2.05. The average molecular weight is 560 g/mol. The van der Waals surface area contributed by atoms with Gasteiger partial charge >= 0.3 is 5.97 Å². The quantitative estimate of drug-likeness (QED) is 0.214. The first-order valence-electron chi connectivity index (χ1n) is 14.9. The molecular formula is C31H49N3O6. The smallest absolute Gasteiger partial charge is 0.308 e. The number of likely N-dealkylation sites (tertiary alicyclic amines) is 1. The predicted octanol–water partition coefficient (Wildman–Crippen LogP) is 3.55. The lowest BCUT2D eigenvalue weighted by Crippen LogP contribution is -2.56. The van der Waals surface area contributed by atoms with E-state index >= 15 is 0 Å². The topological polar surface area (TPSA) is 122 Å². The second kappa shape index (κ2) is 12.9. The van der Waals surface area contributed by atoms with E-state index in [1.54, 1.807) is 31.7 Å². The maximum Gasteiger partial charge on any atom is 0.308 e. The molecule has 0 aromatic rings. The molecule has 9 nitrogen and oxygen atoms in total. The van der Waals surface area contributed by atoms with Crippen LogP contribution in [0, 0.1) is 29.1 Å². The van der Waals surface area contributed by atoms with Gasteiger partial charge < -0.3 is 20.3 Å². The van der Waals surface area contributed by atoms with E-state index in [0.29, 0.717) is 18.9 Å². The molecule has 9 heteroatoms. The fourth-order valence-electron chi connectivity index (χ4n) is 6.64. The number of piperidine rings is 1. The second-order valence-electron chi connectivity index (χ2n) is 13.5. The van der Waals surface area contributed by atoms with E-state index in [1.165, 1.54) is 6.42 Å². The first kappa shape index (κ1) is 31.8. The molecule has 1 unspecified atom stereocenters. The van der Waals surface area contributed by atoms with Gasteiger partial charge in [0.25, 0.3) is 5.91 Å². The Morgan fingerprint density at radius 3 is 2.35 bits per heavy atom. The van der Waals surface area contributed by atoms with Gasteiger partial charge in [0, 0.05) is 19.0 Å². The molecule has 3 fully saturated rings. The molecule has 3 amide bonds. The van der Waals surface area contributed by atoms with Crippen molar-refractivity contribution >= 4 is 29.5 Å². The minimum absolute atomic E-state index is 0.0175. The summed E-state index contributed by atoms with van der Waals surface area (Å²) in [7, 11) is 0. The summed E-state index contributed by atoms with van der Waals surface area (Å²) in [5, 5.41) is 5.30. The van der Waals surface area contributed by atoms with Crippen molar-refractivity contribution in [1.29, 1.82) is 0 Å². The molecule has 1 heterocycles. The van der Waals surface area contributed by atoms with Crippen LogP contribution in [-0.4, -0.2) is 65.1 Å². The molecule has 0 radical (unpaired) electrons. The summed E-state index contributed by atoms with van der Waals surface area (Å²) < 4.78 is 5.23. The number of Topliss-reactive ketones (excluding diaryl/α,β-unsaturated/α-hetero) is 1. The number of rotatable bonds is 12. The number of fused-ring (bicyclic) bond motifs is 1. The van der Waals surface area contributed by atoms with Crippen molar-refractivity contribution in [2.24, 2.45) is 29.1 Å². The van der Waals surface area contributed by atoms with Crippen LogP contribution in [0.2, 0.25) is 0 Å². The van der Waals surface area contributed by atoms with Crippen LogP contribution in [-0.2, 0) is 28.7 Å². The fraction of sp³-hybridized carbons (Fsp3) is 0.774. The van der Waals surface area contributed by atoms with Crippen LogP contribution in [0.15, 0.2) is 12.7 Å². The predicted molar refractivity (Wildman–Crippen MR) is 152 cm³/mol. The third kappa shape index (κ3) is 7.52. The summed E-state index contributed by atoms with van der Waals surface area (Å²) >= 11 is 0. The summed E-state index contributed by atoms with van der Waals surface area (Å²) in [6, 6.07) is -1.71. The molecule has 2 N–H and O–H groups in total. The Hall–Kier alpha value is -2.71. The second-order valence-corrected chi connectivity index (χ2v) is 13.5. The third-order valence-corrected chi connectivity index (χ3v) is 9.06. The van der Waals surface area contributed by atoms with E-state index in [-0.39, 0.29) is 54.4 Å². The number of ether oxygens (including phenoxy) is 1. The van der Waals surface area contributed by atoms with Gasteiger partial charge in [-0.1, -0.05) is 46.1 Å². The van der Waals surface area contributed by atoms with Crippen LogP contribution in [0.5, 0.6) is 0 Å². The molecule has 3 rings (SSSR count). The summed E-state index contributed by atoms with van der Waals surface area (Å²) in [4.78, 5) is 66.9. The van der Waals surface area contributed by atoms with E-state index in [9.17, 15) is 24.0 Å². The van der Waals surface area contributed by atoms with E-state index in [1.807, 2.05) is 6.92 Å². The third-order valence-electron chi connectivity index (χ3n) is 9.06. The van der Waals surface area contributed by atoms with Gasteiger partial charge in [-0.3, -0.25) is 24.0 Å².